The van der Waals surface area contributed by atoms with Crippen molar-refractivity contribution in [3.05, 3.63) is 63.2 Å². The Balaban J connectivity index is 1.58. The van der Waals surface area contributed by atoms with Crippen LogP contribution in [0.25, 0.3) is 5.82 Å². The number of ether oxygens (including phenoxy) is 1. The monoisotopic (exact) mass is 465 g/mol. The highest BCUT2D eigenvalue weighted by Gasteiger charge is 2.08. The van der Waals surface area contributed by atoms with Gasteiger partial charge in [0.25, 0.3) is 0 Å². The van der Waals surface area contributed by atoms with Gasteiger partial charge in [0, 0.05) is 19.3 Å². The lowest BCUT2D eigenvalue weighted by Gasteiger charge is -2.11. The van der Waals surface area contributed by atoms with Crippen molar-refractivity contribution in [2.75, 3.05) is 6.61 Å². The number of hydrogen-bond donors (Lipinski definition) is 1. The zero-order valence-electron chi connectivity index (χ0n) is 13.6. The molecule has 0 aliphatic heterocycles. The van der Waals surface area contributed by atoms with Crippen molar-refractivity contribution in [1.29, 1.82) is 0 Å². The summed E-state index contributed by atoms with van der Waals surface area (Å²) in [6, 6.07) is 8.08. The quantitative estimate of drug-likeness (QED) is 0.572. The molecule has 0 saturated carbocycles. The van der Waals surface area contributed by atoms with Gasteiger partial charge in [-0.1, -0.05) is 6.07 Å². The Hall–Kier alpha value is -1.77. The number of halogens is 2. The number of hydrogen-bond acceptors (Lipinski definition) is 5. The van der Waals surface area contributed by atoms with E-state index in [4.69, 9.17) is 4.74 Å². The van der Waals surface area contributed by atoms with Gasteiger partial charge in [-0.2, -0.15) is 5.10 Å². The molecule has 1 N–H and O–H groups in total. The molecular weight excluding hydrogens is 450 g/mol. The number of aromatic nitrogens is 4. The second-order valence-corrected chi connectivity index (χ2v) is 7.00. The van der Waals surface area contributed by atoms with Crippen molar-refractivity contribution in [3.8, 4) is 11.6 Å². The minimum Gasteiger partial charge on any atom is -0.492 e. The van der Waals surface area contributed by atoms with E-state index in [1.165, 1.54) is 6.33 Å². The van der Waals surface area contributed by atoms with Crippen LogP contribution in [-0.4, -0.2) is 26.4 Å². The van der Waals surface area contributed by atoms with Gasteiger partial charge >= 0.3 is 0 Å². The standard InChI is InChI=1S/C17H17Br2N5O/c1-2-25-17-14(18)5-13(6-15(17)19)8-20-7-12-3-4-16(22-9-12)24-11-21-10-23-24/h3-6,9-11,20H,2,7-8H2,1H3. The van der Waals surface area contributed by atoms with Gasteiger partial charge in [0.1, 0.15) is 18.4 Å². The number of nitrogens with zero attached hydrogens (tertiary/aromatic N) is 4. The molecule has 0 fully saturated rings. The highest BCUT2D eigenvalue weighted by molar-refractivity contribution is 9.11. The summed E-state index contributed by atoms with van der Waals surface area (Å²) in [4.78, 5) is 8.31. The first-order valence-electron chi connectivity index (χ1n) is 7.78. The molecular formula is C17H17Br2N5O. The SMILES string of the molecule is CCOc1c(Br)cc(CNCc2ccc(-n3cncn3)nc2)cc1Br. The zero-order chi connectivity index (χ0) is 17.6. The molecule has 0 saturated heterocycles. The highest BCUT2D eigenvalue weighted by atomic mass is 79.9. The van der Waals surface area contributed by atoms with E-state index in [1.807, 2.05) is 25.3 Å². The lowest BCUT2D eigenvalue weighted by molar-refractivity contribution is 0.336. The van der Waals surface area contributed by atoms with Crippen molar-refractivity contribution in [3.63, 3.8) is 0 Å². The van der Waals surface area contributed by atoms with Crippen molar-refractivity contribution >= 4 is 31.9 Å². The average Bonchev–Trinajstić information content (AvgIpc) is 3.13. The molecule has 0 spiro atoms. The molecule has 3 rings (SSSR count). The maximum Gasteiger partial charge on any atom is 0.155 e. The Morgan fingerprint density at radius 1 is 1.12 bits per heavy atom. The molecule has 0 aliphatic rings. The molecule has 25 heavy (non-hydrogen) atoms. The number of nitrogens with one attached hydrogen (secondary N) is 1. The maximum atomic E-state index is 5.60. The summed E-state index contributed by atoms with van der Waals surface area (Å²) in [5.41, 5.74) is 2.27. The first-order valence-corrected chi connectivity index (χ1v) is 9.37. The molecule has 0 bridgehead atoms. The van der Waals surface area contributed by atoms with Crippen LogP contribution < -0.4 is 10.1 Å². The molecule has 130 valence electrons. The van der Waals surface area contributed by atoms with Crippen LogP contribution in [0, 0.1) is 0 Å². The van der Waals surface area contributed by atoms with Crippen molar-refractivity contribution in [2.24, 2.45) is 0 Å². The molecule has 0 aliphatic carbocycles. The Labute approximate surface area is 162 Å². The van der Waals surface area contributed by atoms with Gasteiger partial charge in [-0.25, -0.2) is 14.6 Å². The fraction of sp³-hybridized carbons (Fsp3) is 0.235. The molecule has 3 aromatic rings. The second kappa shape index (κ2) is 8.55. The van der Waals surface area contributed by atoms with Crippen molar-refractivity contribution in [2.45, 2.75) is 20.0 Å². The Kier molecular flexibility index (Phi) is 6.17. The third-order valence-corrected chi connectivity index (χ3v) is 4.65. The number of pyridine rings is 1. The van der Waals surface area contributed by atoms with Gasteiger partial charge in [-0.3, -0.25) is 0 Å². The third-order valence-electron chi connectivity index (χ3n) is 3.47. The highest BCUT2D eigenvalue weighted by Crippen LogP contribution is 2.34. The van der Waals surface area contributed by atoms with Crippen LogP contribution in [0.3, 0.4) is 0 Å². The van der Waals surface area contributed by atoms with Gasteiger partial charge in [-0.05, 0) is 68.1 Å². The van der Waals surface area contributed by atoms with E-state index in [0.717, 1.165) is 44.7 Å². The Morgan fingerprint density at radius 2 is 1.88 bits per heavy atom. The van der Waals surface area contributed by atoms with Gasteiger partial charge in [-0.15, -0.1) is 0 Å². The molecule has 0 radical (unpaired) electrons. The molecule has 8 heteroatoms. The van der Waals surface area contributed by atoms with E-state index in [-0.39, 0.29) is 0 Å². The Bertz CT molecular complexity index is 799. The smallest absolute Gasteiger partial charge is 0.155 e. The van der Waals surface area contributed by atoms with E-state index in [9.17, 15) is 0 Å². The van der Waals surface area contributed by atoms with Crippen LogP contribution >= 0.6 is 31.9 Å². The van der Waals surface area contributed by atoms with Gasteiger partial charge < -0.3 is 10.1 Å². The zero-order valence-corrected chi connectivity index (χ0v) is 16.8. The van der Waals surface area contributed by atoms with E-state index >= 15 is 0 Å². The van der Waals surface area contributed by atoms with E-state index in [0.29, 0.717) is 6.61 Å². The van der Waals surface area contributed by atoms with Crippen LogP contribution in [0.15, 0.2) is 52.1 Å². The fourth-order valence-corrected chi connectivity index (χ4v) is 3.84. The molecule has 2 heterocycles. The number of benzene rings is 1. The van der Waals surface area contributed by atoms with Gasteiger partial charge in [0.15, 0.2) is 5.82 Å². The van der Waals surface area contributed by atoms with E-state index in [2.05, 4.69) is 64.4 Å². The first-order chi connectivity index (χ1) is 12.2. The van der Waals surface area contributed by atoms with Gasteiger partial charge in [0.2, 0.25) is 0 Å². The molecule has 1 aromatic carbocycles. The van der Waals surface area contributed by atoms with Crippen LogP contribution in [-0.2, 0) is 13.1 Å². The first kappa shape index (κ1) is 18.0. The lowest BCUT2D eigenvalue weighted by Crippen LogP contribution is -2.13. The van der Waals surface area contributed by atoms with Gasteiger partial charge in [0.05, 0.1) is 15.6 Å². The molecule has 0 unspecified atom stereocenters. The summed E-state index contributed by atoms with van der Waals surface area (Å²) < 4.78 is 9.12. The summed E-state index contributed by atoms with van der Waals surface area (Å²) in [6.45, 7) is 4.07. The van der Waals surface area contributed by atoms with Crippen molar-refractivity contribution < 1.29 is 4.74 Å². The average molecular weight is 467 g/mol. The fourth-order valence-electron chi connectivity index (χ4n) is 2.33. The predicted molar refractivity (Wildman–Crippen MR) is 103 cm³/mol. The van der Waals surface area contributed by atoms with Crippen molar-refractivity contribution in [1.82, 2.24) is 25.1 Å². The molecule has 0 atom stereocenters. The van der Waals surface area contributed by atoms with E-state index < -0.39 is 0 Å². The summed E-state index contributed by atoms with van der Waals surface area (Å²) in [7, 11) is 0. The van der Waals surface area contributed by atoms with Crippen LogP contribution in [0.5, 0.6) is 5.75 Å². The summed E-state index contributed by atoms with van der Waals surface area (Å²) in [5, 5.41) is 7.48. The maximum absolute atomic E-state index is 5.60. The minimum atomic E-state index is 0.631. The summed E-state index contributed by atoms with van der Waals surface area (Å²) >= 11 is 7.11. The predicted octanol–water partition coefficient (Wildman–Crippen LogP) is 3.88. The minimum absolute atomic E-state index is 0.631. The third kappa shape index (κ3) is 4.65. The normalized spacial score (nSPS) is 10.8. The summed E-state index contributed by atoms with van der Waals surface area (Å²) in [5.74, 6) is 1.58. The summed E-state index contributed by atoms with van der Waals surface area (Å²) in [6.07, 6.45) is 4.96. The topological polar surface area (TPSA) is 64.9 Å². The Morgan fingerprint density at radius 3 is 2.48 bits per heavy atom. The van der Waals surface area contributed by atoms with Crippen LogP contribution in [0.1, 0.15) is 18.1 Å². The van der Waals surface area contributed by atoms with Crippen LogP contribution in [0.2, 0.25) is 0 Å². The molecule has 6 nitrogen and oxygen atoms in total. The van der Waals surface area contributed by atoms with E-state index in [1.54, 1.807) is 11.0 Å². The lowest BCUT2D eigenvalue weighted by atomic mass is 10.2. The van der Waals surface area contributed by atoms with Crippen LogP contribution in [0.4, 0.5) is 0 Å². The molecule has 2 aromatic heterocycles. The largest absolute Gasteiger partial charge is 0.492 e. The number of rotatable bonds is 7. The molecule has 0 amide bonds. The second-order valence-electron chi connectivity index (χ2n) is 5.29.